The Bertz CT molecular complexity index is 1190. The minimum atomic E-state index is 0.0487. The molecule has 138 valence electrons. The Labute approximate surface area is 167 Å². The van der Waals surface area contributed by atoms with Gasteiger partial charge in [0.2, 0.25) is 5.88 Å². The maximum absolute atomic E-state index is 9.02. The molecule has 0 spiro atoms. The second-order valence-electron chi connectivity index (χ2n) is 5.61. The van der Waals surface area contributed by atoms with E-state index in [0.717, 1.165) is 16.6 Å². The van der Waals surface area contributed by atoms with Crippen LogP contribution in [0.25, 0.3) is 11.0 Å². The number of halogens is 1. The number of pyridine rings is 1. The van der Waals surface area contributed by atoms with Crippen LogP contribution in [0.2, 0.25) is 0 Å². The van der Waals surface area contributed by atoms with Crippen LogP contribution in [0.3, 0.4) is 0 Å². The van der Waals surface area contributed by atoms with Gasteiger partial charge in [-0.2, -0.15) is 15.2 Å². The van der Waals surface area contributed by atoms with E-state index in [9.17, 15) is 0 Å². The maximum atomic E-state index is 9.02. The molecule has 9 nitrogen and oxygen atoms in total. The van der Waals surface area contributed by atoms with Crippen molar-refractivity contribution in [2.75, 3.05) is 0 Å². The van der Waals surface area contributed by atoms with Gasteiger partial charge in [0.15, 0.2) is 11.5 Å². The van der Waals surface area contributed by atoms with Crippen molar-refractivity contribution >= 4 is 27.0 Å². The summed E-state index contributed by atoms with van der Waals surface area (Å²) in [6.45, 7) is 2.02. The lowest BCUT2D eigenvalue weighted by molar-refractivity contribution is 0.414. The number of aryl methyl sites for hydroxylation is 1. The molecule has 0 aliphatic carbocycles. The SMILES string of the molecule is CCc1[nH]c2nc(Oc3cncc(C#N)c3)nc(Oc3cncnc3)c2c1Br. The molecule has 0 aromatic carbocycles. The summed E-state index contributed by atoms with van der Waals surface area (Å²) in [5, 5.41) is 9.70. The first-order chi connectivity index (χ1) is 13.7. The molecular formula is C18H12BrN7O2. The highest BCUT2D eigenvalue weighted by Crippen LogP contribution is 2.37. The number of aromatic nitrogens is 6. The molecule has 0 fully saturated rings. The van der Waals surface area contributed by atoms with Crippen molar-refractivity contribution in [2.45, 2.75) is 13.3 Å². The number of hydrogen-bond donors (Lipinski definition) is 1. The zero-order chi connectivity index (χ0) is 19.5. The molecule has 0 aliphatic heterocycles. The van der Waals surface area contributed by atoms with E-state index in [4.69, 9.17) is 14.7 Å². The van der Waals surface area contributed by atoms with E-state index in [1.807, 2.05) is 13.0 Å². The molecule has 0 atom stereocenters. The predicted molar refractivity (Wildman–Crippen MR) is 102 cm³/mol. The zero-order valence-electron chi connectivity index (χ0n) is 14.5. The van der Waals surface area contributed by atoms with Crippen LogP contribution in [-0.2, 0) is 6.42 Å². The van der Waals surface area contributed by atoms with Crippen LogP contribution in [0.1, 0.15) is 18.2 Å². The molecule has 0 saturated carbocycles. The molecule has 10 heteroatoms. The third kappa shape index (κ3) is 3.47. The summed E-state index contributed by atoms with van der Waals surface area (Å²) < 4.78 is 12.4. The molecule has 1 N–H and O–H groups in total. The molecule has 4 heterocycles. The van der Waals surface area contributed by atoms with Crippen LogP contribution in [-0.4, -0.2) is 29.9 Å². The Kier molecular flexibility index (Phi) is 4.82. The van der Waals surface area contributed by atoms with Crippen molar-refractivity contribution in [2.24, 2.45) is 0 Å². The molecule has 0 radical (unpaired) electrons. The van der Waals surface area contributed by atoms with E-state index in [2.05, 4.69) is 45.8 Å². The first kappa shape index (κ1) is 17.8. The number of hydrogen-bond acceptors (Lipinski definition) is 8. The number of aromatic amines is 1. The summed E-state index contributed by atoms with van der Waals surface area (Å²) >= 11 is 3.58. The van der Waals surface area contributed by atoms with Crippen LogP contribution < -0.4 is 9.47 Å². The minimum Gasteiger partial charge on any atom is -0.435 e. The lowest BCUT2D eigenvalue weighted by Gasteiger charge is -2.08. The fourth-order valence-electron chi connectivity index (χ4n) is 2.51. The zero-order valence-corrected chi connectivity index (χ0v) is 16.1. The van der Waals surface area contributed by atoms with Crippen molar-refractivity contribution < 1.29 is 9.47 Å². The average molecular weight is 438 g/mol. The summed E-state index contributed by atoms with van der Waals surface area (Å²) in [5.41, 5.74) is 1.86. The van der Waals surface area contributed by atoms with Gasteiger partial charge >= 0.3 is 6.01 Å². The van der Waals surface area contributed by atoms with Gasteiger partial charge in [0.05, 0.1) is 34.0 Å². The number of H-pyrrole nitrogens is 1. The van der Waals surface area contributed by atoms with Crippen LogP contribution in [0.5, 0.6) is 23.4 Å². The predicted octanol–water partition coefficient (Wildman–Crippen LogP) is 3.92. The lowest BCUT2D eigenvalue weighted by Crippen LogP contribution is -1.97. The van der Waals surface area contributed by atoms with E-state index < -0.39 is 0 Å². The van der Waals surface area contributed by atoms with Gasteiger partial charge in [-0.25, -0.2) is 9.97 Å². The largest absolute Gasteiger partial charge is 0.435 e. The second-order valence-corrected chi connectivity index (χ2v) is 6.40. The van der Waals surface area contributed by atoms with E-state index in [-0.39, 0.29) is 11.9 Å². The topological polar surface area (TPSA) is 122 Å². The normalized spacial score (nSPS) is 10.6. The van der Waals surface area contributed by atoms with Crippen molar-refractivity contribution in [3.05, 3.63) is 52.9 Å². The molecule has 4 aromatic rings. The highest BCUT2D eigenvalue weighted by atomic mass is 79.9. The fourth-order valence-corrected chi connectivity index (χ4v) is 3.25. The Morgan fingerprint density at radius 3 is 2.61 bits per heavy atom. The van der Waals surface area contributed by atoms with E-state index in [1.165, 1.54) is 31.1 Å². The number of nitrogens with one attached hydrogen (secondary N) is 1. The third-order valence-electron chi connectivity index (χ3n) is 3.77. The number of fused-ring (bicyclic) bond motifs is 1. The number of nitriles is 1. The molecule has 0 bridgehead atoms. The molecule has 0 saturated heterocycles. The van der Waals surface area contributed by atoms with Gasteiger partial charge in [0.1, 0.15) is 18.0 Å². The third-order valence-corrected chi connectivity index (χ3v) is 4.64. The fraction of sp³-hybridized carbons (Fsp3) is 0.111. The van der Waals surface area contributed by atoms with Crippen molar-refractivity contribution in [3.63, 3.8) is 0 Å². The van der Waals surface area contributed by atoms with Crippen molar-refractivity contribution in [3.8, 4) is 29.5 Å². The Hall–Kier alpha value is -3.58. The molecule has 0 amide bonds. The summed E-state index contributed by atoms with van der Waals surface area (Å²) in [6, 6.07) is 3.61. The second kappa shape index (κ2) is 7.58. The maximum Gasteiger partial charge on any atom is 0.327 e. The monoisotopic (exact) mass is 437 g/mol. The van der Waals surface area contributed by atoms with Crippen LogP contribution >= 0.6 is 15.9 Å². The van der Waals surface area contributed by atoms with Crippen molar-refractivity contribution in [1.29, 1.82) is 5.26 Å². The summed E-state index contributed by atoms with van der Waals surface area (Å²) in [7, 11) is 0. The van der Waals surface area contributed by atoms with Crippen LogP contribution in [0.15, 0.2) is 41.7 Å². The lowest BCUT2D eigenvalue weighted by atomic mass is 10.3. The molecule has 4 aromatic heterocycles. The Morgan fingerprint density at radius 2 is 1.86 bits per heavy atom. The summed E-state index contributed by atoms with van der Waals surface area (Å²) in [4.78, 5) is 23.9. The Morgan fingerprint density at radius 1 is 1.07 bits per heavy atom. The smallest absolute Gasteiger partial charge is 0.327 e. The van der Waals surface area contributed by atoms with Gasteiger partial charge < -0.3 is 14.5 Å². The standard InChI is InChI=1S/C18H12BrN7O2/c1-2-13-15(19)14-16(24-13)25-18(28-11-3-10(4-20)5-21-6-11)26-17(14)27-12-7-22-9-23-8-12/h3,5-9H,2H2,1H3,(H,24,25,26). The van der Waals surface area contributed by atoms with Gasteiger partial charge in [-0.1, -0.05) is 6.92 Å². The summed E-state index contributed by atoms with van der Waals surface area (Å²) in [5.74, 6) is 1.04. The van der Waals surface area contributed by atoms with Gasteiger partial charge in [0, 0.05) is 18.0 Å². The van der Waals surface area contributed by atoms with Gasteiger partial charge in [-0.15, -0.1) is 0 Å². The summed E-state index contributed by atoms with van der Waals surface area (Å²) in [6.07, 6.45) is 8.15. The average Bonchev–Trinajstić information content (AvgIpc) is 3.04. The molecule has 0 unspecified atom stereocenters. The van der Waals surface area contributed by atoms with E-state index in [0.29, 0.717) is 28.1 Å². The molecule has 28 heavy (non-hydrogen) atoms. The first-order valence-corrected chi connectivity index (χ1v) is 9.01. The van der Waals surface area contributed by atoms with E-state index in [1.54, 1.807) is 6.07 Å². The van der Waals surface area contributed by atoms with E-state index >= 15 is 0 Å². The quantitative estimate of drug-likeness (QED) is 0.498. The Balaban J connectivity index is 1.80. The van der Waals surface area contributed by atoms with Crippen LogP contribution in [0, 0.1) is 11.3 Å². The highest BCUT2D eigenvalue weighted by molar-refractivity contribution is 9.10. The van der Waals surface area contributed by atoms with Crippen LogP contribution in [0.4, 0.5) is 0 Å². The molecular weight excluding hydrogens is 426 g/mol. The number of ether oxygens (including phenoxy) is 2. The first-order valence-electron chi connectivity index (χ1n) is 8.22. The van der Waals surface area contributed by atoms with Gasteiger partial charge in [0.25, 0.3) is 0 Å². The minimum absolute atomic E-state index is 0.0487. The highest BCUT2D eigenvalue weighted by Gasteiger charge is 2.19. The number of nitrogens with zero attached hydrogens (tertiary/aromatic N) is 6. The van der Waals surface area contributed by atoms with Crippen molar-refractivity contribution in [1.82, 2.24) is 29.9 Å². The van der Waals surface area contributed by atoms with Gasteiger partial charge in [-0.3, -0.25) is 4.98 Å². The molecule has 4 rings (SSSR count). The molecule has 0 aliphatic rings. The number of rotatable bonds is 5. The van der Waals surface area contributed by atoms with Gasteiger partial charge in [-0.05, 0) is 22.4 Å².